The van der Waals surface area contributed by atoms with Crippen LogP contribution in [0.15, 0.2) is 21.6 Å². The van der Waals surface area contributed by atoms with Crippen molar-refractivity contribution in [2.45, 2.75) is 50.3 Å². The molecule has 1 atom stereocenters. The van der Waals surface area contributed by atoms with Crippen LogP contribution in [0.1, 0.15) is 53.6 Å². The van der Waals surface area contributed by atoms with Gasteiger partial charge in [0.1, 0.15) is 10.7 Å². The van der Waals surface area contributed by atoms with Crippen molar-refractivity contribution in [1.29, 1.82) is 0 Å². The van der Waals surface area contributed by atoms with Gasteiger partial charge >= 0.3 is 0 Å². The van der Waals surface area contributed by atoms with Gasteiger partial charge in [-0.1, -0.05) is 0 Å². The van der Waals surface area contributed by atoms with E-state index < -0.39 is 0 Å². The van der Waals surface area contributed by atoms with Crippen LogP contribution in [-0.4, -0.2) is 33.1 Å². The average Bonchev–Trinajstić information content (AvgIpc) is 3.45. The molecule has 1 aliphatic carbocycles. The first-order valence-electron chi connectivity index (χ1n) is 10.1. The first kappa shape index (κ1) is 19.3. The van der Waals surface area contributed by atoms with Crippen LogP contribution < -0.4 is 5.56 Å². The van der Waals surface area contributed by atoms with E-state index in [9.17, 15) is 9.59 Å². The Morgan fingerprint density at radius 1 is 1.31 bits per heavy atom. The molecule has 0 radical (unpaired) electrons. The number of amides is 1. The number of aromatic nitrogens is 2. The molecule has 0 saturated carbocycles. The van der Waals surface area contributed by atoms with Crippen molar-refractivity contribution in [1.82, 2.24) is 14.9 Å². The monoisotopic (exact) mass is 445 g/mol. The topological polar surface area (TPSA) is 66.1 Å². The summed E-state index contributed by atoms with van der Waals surface area (Å²) >= 11 is 4.89. The van der Waals surface area contributed by atoms with Gasteiger partial charge in [0.2, 0.25) is 5.91 Å². The van der Waals surface area contributed by atoms with Gasteiger partial charge in [0, 0.05) is 11.4 Å². The molecule has 3 aromatic heterocycles. The summed E-state index contributed by atoms with van der Waals surface area (Å²) in [5.74, 6) is 1.83. The molecule has 1 N–H and O–H groups in total. The minimum atomic E-state index is -0.0200. The standard InChI is InChI=1S/C21H23N3O2S3/c25-18(24-8-3-5-15(24)13-7-9-27-10-13)12-28-11-17-22-20(26)19-14-4-1-2-6-16(14)29-21(19)23-17/h7,9-10,15H,1-6,8,11-12H2,(H,22,23,26). The number of thioether (sulfide) groups is 1. The number of carbonyl (C=O) groups excluding carboxylic acids is 1. The van der Waals surface area contributed by atoms with Gasteiger partial charge in [0.05, 0.1) is 22.9 Å². The molecular weight excluding hydrogens is 422 g/mol. The highest BCUT2D eigenvalue weighted by Gasteiger charge is 2.29. The Bertz CT molecular complexity index is 1090. The average molecular weight is 446 g/mol. The highest BCUT2D eigenvalue weighted by atomic mass is 32.2. The van der Waals surface area contributed by atoms with E-state index in [1.165, 1.54) is 34.2 Å². The number of hydrogen-bond donors (Lipinski definition) is 1. The van der Waals surface area contributed by atoms with Gasteiger partial charge in [-0.15, -0.1) is 23.1 Å². The Labute approximate surface area is 181 Å². The number of nitrogens with one attached hydrogen (secondary N) is 1. The van der Waals surface area contributed by atoms with E-state index in [1.54, 1.807) is 22.7 Å². The Morgan fingerprint density at radius 2 is 2.21 bits per heavy atom. The summed E-state index contributed by atoms with van der Waals surface area (Å²) in [7, 11) is 0. The zero-order valence-corrected chi connectivity index (χ0v) is 18.6. The molecule has 4 heterocycles. The maximum Gasteiger partial charge on any atom is 0.259 e. The van der Waals surface area contributed by atoms with Crippen molar-refractivity contribution < 1.29 is 4.79 Å². The van der Waals surface area contributed by atoms with Crippen molar-refractivity contribution in [2.24, 2.45) is 0 Å². The number of hydrogen-bond acceptors (Lipinski definition) is 6. The van der Waals surface area contributed by atoms with E-state index in [0.717, 1.165) is 48.9 Å². The highest BCUT2D eigenvalue weighted by molar-refractivity contribution is 7.99. The fraction of sp³-hybridized carbons (Fsp3) is 0.476. The molecule has 8 heteroatoms. The number of likely N-dealkylation sites (tertiary alicyclic amines) is 1. The quantitative estimate of drug-likeness (QED) is 0.627. The number of carbonyl (C=O) groups is 1. The third-order valence-electron chi connectivity index (χ3n) is 5.84. The SMILES string of the molecule is O=C(CSCc1nc2sc3c(c2c(=O)[nH]1)CCCC3)N1CCCC1c1ccsc1. The Morgan fingerprint density at radius 3 is 3.07 bits per heavy atom. The number of thiophene rings is 2. The first-order valence-corrected chi connectivity index (χ1v) is 13.0. The minimum absolute atomic E-state index is 0.0200. The smallest absolute Gasteiger partial charge is 0.259 e. The third kappa shape index (κ3) is 3.78. The van der Waals surface area contributed by atoms with Gasteiger partial charge in [-0.3, -0.25) is 9.59 Å². The number of fused-ring (bicyclic) bond motifs is 3. The number of rotatable bonds is 5. The summed E-state index contributed by atoms with van der Waals surface area (Å²) in [5, 5.41) is 5.02. The van der Waals surface area contributed by atoms with Crippen molar-refractivity contribution in [2.75, 3.05) is 12.3 Å². The lowest BCUT2D eigenvalue weighted by molar-refractivity contribution is -0.129. The van der Waals surface area contributed by atoms with Crippen LogP contribution in [0.3, 0.4) is 0 Å². The summed E-state index contributed by atoms with van der Waals surface area (Å²) in [4.78, 5) is 37.3. The first-order chi connectivity index (χ1) is 14.2. The molecule has 1 amide bonds. The van der Waals surface area contributed by atoms with Crippen LogP contribution in [-0.2, 0) is 23.4 Å². The normalized spacial score (nSPS) is 19.0. The van der Waals surface area contributed by atoms with Crippen LogP contribution in [0.5, 0.6) is 0 Å². The van der Waals surface area contributed by atoms with E-state index >= 15 is 0 Å². The highest BCUT2D eigenvalue weighted by Crippen LogP contribution is 2.35. The zero-order valence-electron chi connectivity index (χ0n) is 16.1. The second-order valence-corrected chi connectivity index (χ2v) is 10.5. The maximum atomic E-state index is 12.8. The Hall–Kier alpha value is -1.64. The molecule has 2 aliphatic rings. The summed E-state index contributed by atoms with van der Waals surface area (Å²) in [6.07, 6.45) is 6.51. The zero-order chi connectivity index (χ0) is 19.8. The van der Waals surface area contributed by atoms with Gasteiger partial charge in [-0.25, -0.2) is 4.98 Å². The largest absolute Gasteiger partial charge is 0.335 e. The van der Waals surface area contributed by atoms with Crippen LogP contribution in [0, 0.1) is 0 Å². The summed E-state index contributed by atoms with van der Waals surface area (Å²) in [6.45, 7) is 0.835. The van der Waals surface area contributed by atoms with E-state index in [2.05, 4.69) is 21.8 Å². The maximum absolute atomic E-state index is 12.8. The molecule has 5 nitrogen and oxygen atoms in total. The predicted molar refractivity (Wildman–Crippen MR) is 121 cm³/mol. The number of aromatic amines is 1. The predicted octanol–water partition coefficient (Wildman–Crippen LogP) is 4.52. The number of nitrogens with zero attached hydrogens (tertiary/aromatic N) is 2. The second-order valence-electron chi connectivity index (χ2n) is 7.70. The van der Waals surface area contributed by atoms with Crippen LogP contribution >= 0.6 is 34.4 Å². The molecule has 5 rings (SSSR count). The molecule has 1 saturated heterocycles. The van der Waals surface area contributed by atoms with Gasteiger partial charge in [-0.2, -0.15) is 11.3 Å². The fourth-order valence-corrected chi connectivity index (χ4v) is 7.23. The summed E-state index contributed by atoms with van der Waals surface area (Å²) < 4.78 is 0. The van der Waals surface area contributed by atoms with Gasteiger partial charge in [-0.05, 0) is 66.5 Å². The Balaban J connectivity index is 1.25. The molecule has 1 fully saturated rings. The summed E-state index contributed by atoms with van der Waals surface area (Å²) in [6, 6.07) is 2.35. The van der Waals surface area contributed by atoms with Gasteiger partial charge in [0.15, 0.2) is 0 Å². The number of H-pyrrole nitrogens is 1. The van der Waals surface area contributed by atoms with Gasteiger partial charge in [0.25, 0.3) is 5.56 Å². The van der Waals surface area contributed by atoms with Crippen LogP contribution in [0.2, 0.25) is 0 Å². The van der Waals surface area contributed by atoms with Gasteiger partial charge < -0.3 is 9.88 Å². The van der Waals surface area contributed by atoms with E-state index in [4.69, 9.17) is 4.98 Å². The van der Waals surface area contributed by atoms with Crippen molar-refractivity contribution >= 4 is 50.6 Å². The molecule has 1 aliphatic heterocycles. The van der Waals surface area contributed by atoms with Crippen molar-refractivity contribution in [3.63, 3.8) is 0 Å². The summed E-state index contributed by atoms with van der Waals surface area (Å²) in [5.41, 5.74) is 2.45. The van der Waals surface area contributed by atoms with Crippen LogP contribution in [0.25, 0.3) is 10.2 Å². The second kappa shape index (κ2) is 8.24. The lowest BCUT2D eigenvalue weighted by Crippen LogP contribution is -2.31. The lowest BCUT2D eigenvalue weighted by atomic mass is 9.97. The molecule has 0 aromatic carbocycles. The molecule has 3 aromatic rings. The lowest BCUT2D eigenvalue weighted by Gasteiger charge is -2.24. The van der Waals surface area contributed by atoms with Crippen molar-refractivity contribution in [3.8, 4) is 0 Å². The third-order valence-corrected chi connectivity index (χ3v) is 8.66. The molecule has 0 bridgehead atoms. The minimum Gasteiger partial charge on any atom is -0.335 e. The number of aryl methyl sites for hydroxylation is 2. The molecular formula is C21H23N3O2S3. The molecule has 1 unspecified atom stereocenters. The van der Waals surface area contributed by atoms with Crippen LogP contribution in [0.4, 0.5) is 0 Å². The molecule has 152 valence electrons. The molecule has 29 heavy (non-hydrogen) atoms. The van der Waals surface area contributed by atoms with Crippen molar-refractivity contribution in [3.05, 3.63) is 49.0 Å². The molecule has 0 spiro atoms. The van der Waals surface area contributed by atoms with E-state index in [1.807, 2.05) is 4.90 Å². The van der Waals surface area contributed by atoms with E-state index in [0.29, 0.717) is 17.3 Å². The fourth-order valence-electron chi connectivity index (χ4n) is 4.47. The Kier molecular flexibility index (Phi) is 5.49. The van der Waals surface area contributed by atoms with E-state index in [-0.39, 0.29) is 17.5 Å².